The fourth-order valence-electron chi connectivity index (χ4n) is 2.91. The quantitative estimate of drug-likeness (QED) is 0.726. The largest absolute Gasteiger partial charge is 0.467 e. The molecule has 0 aliphatic carbocycles. The van der Waals surface area contributed by atoms with Gasteiger partial charge in [-0.25, -0.2) is 0 Å². The molecule has 18 heavy (non-hydrogen) atoms. The molecular formula is C14H18N2OS. The second kappa shape index (κ2) is 3.60. The van der Waals surface area contributed by atoms with Gasteiger partial charge in [0.2, 0.25) is 0 Å². The summed E-state index contributed by atoms with van der Waals surface area (Å²) in [6, 6.07) is 6.58. The van der Waals surface area contributed by atoms with E-state index in [1.54, 1.807) is 0 Å². The van der Waals surface area contributed by atoms with E-state index in [9.17, 15) is 0 Å². The molecule has 0 radical (unpaired) electrons. The molecule has 2 heterocycles. The summed E-state index contributed by atoms with van der Waals surface area (Å²) in [5.74, 6) is 1.30. The van der Waals surface area contributed by atoms with Crippen molar-refractivity contribution in [3.8, 4) is 5.75 Å². The number of benzene rings is 1. The zero-order valence-corrected chi connectivity index (χ0v) is 12.0. The van der Waals surface area contributed by atoms with Crippen molar-refractivity contribution in [2.75, 3.05) is 7.05 Å². The number of fused-ring (bicyclic) bond motifs is 4. The van der Waals surface area contributed by atoms with Gasteiger partial charge in [0.25, 0.3) is 0 Å². The Kier molecular flexibility index (Phi) is 2.36. The number of hydrogen-bond donors (Lipinski definition) is 1. The summed E-state index contributed by atoms with van der Waals surface area (Å²) in [6.07, 6.45) is 0. The van der Waals surface area contributed by atoms with E-state index in [-0.39, 0.29) is 11.8 Å². The van der Waals surface area contributed by atoms with Gasteiger partial charge in [-0.3, -0.25) is 0 Å². The monoisotopic (exact) mass is 262 g/mol. The highest BCUT2D eigenvalue weighted by Crippen LogP contribution is 2.47. The van der Waals surface area contributed by atoms with Gasteiger partial charge in [0.1, 0.15) is 5.75 Å². The summed E-state index contributed by atoms with van der Waals surface area (Å²) in [7, 11) is 1.99. The van der Waals surface area contributed by atoms with E-state index >= 15 is 0 Å². The summed E-state index contributed by atoms with van der Waals surface area (Å²) >= 11 is 5.40. The topological polar surface area (TPSA) is 24.5 Å². The first kappa shape index (κ1) is 11.8. The molecule has 3 atom stereocenters. The summed E-state index contributed by atoms with van der Waals surface area (Å²) in [5.41, 5.74) is 2.10. The summed E-state index contributed by atoms with van der Waals surface area (Å²) in [6.45, 7) is 6.42. The van der Waals surface area contributed by atoms with Gasteiger partial charge in [-0.05, 0) is 32.1 Å². The second-order valence-electron chi connectivity index (χ2n) is 5.47. The molecule has 96 valence electrons. The van der Waals surface area contributed by atoms with E-state index in [0.717, 1.165) is 10.9 Å². The highest BCUT2D eigenvalue weighted by atomic mass is 32.1. The second-order valence-corrected chi connectivity index (χ2v) is 5.86. The zero-order valence-electron chi connectivity index (χ0n) is 11.2. The Bertz CT molecular complexity index is 531. The zero-order chi connectivity index (χ0) is 13.1. The lowest BCUT2D eigenvalue weighted by Gasteiger charge is -2.55. The third-order valence-corrected chi connectivity index (χ3v) is 4.80. The van der Waals surface area contributed by atoms with E-state index < -0.39 is 0 Å². The molecule has 1 aromatic rings. The molecule has 1 aromatic carbocycles. The lowest BCUT2D eigenvalue weighted by molar-refractivity contribution is -0.0998. The first-order valence-electron chi connectivity index (χ1n) is 6.27. The normalized spacial score (nSPS) is 33.6. The van der Waals surface area contributed by atoms with E-state index in [1.807, 2.05) is 11.9 Å². The Morgan fingerprint density at radius 1 is 1.44 bits per heavy atom. The number of rotatable bonds is 0. The van der Waals surface area contributed by atoms with Crippen molar-refractivity contribution >= 4 is 17.3 Å². The predicted octanol–water partition coefficient (Wildman–Crippen LogP) is 2.60. The fraction of sp³-hybridized carbons (Fsp3) is 0.500. The third kappa shape index (κ3) is 1.38. The molecule has 0 saturated carbocycles. The number of thiocarbonyl (C=S) groups is 1. The molecule has 0 aromatic heterocycles. The average Bonchev–Trinajstić information content (AvgIpc) is 2.33. The minimum absolute atomic E-state index is 0.238. The van der Waals surface area contributed by atoms with Crippen LogP contribution in [0.1, 0.15) is 31.0 Å². The Labute approximate surface area is 113 Å². The maximum atomic E-state index is 6.24. The molecule has 1 saturated heterocycles. The lowest BCUT2D eigenvalue weighted by atomic mass is 9.81. The van der Waals surface area contributed by atoms with Crippen LogP contribution in [-0.4, -0.2) is 22.8 Å². The molecular weight excluding hydrogens is 244 g/mol. The Balaban J connectivity index is 2.17. The number of hydrogen-bond acceptors (Lipinski definition) is 2. The standard InChI is InChI=1S/C14H18N2OS/c1-8-5-6-11-10(7-8)12-9(2)14(3,17-11)16(4)13(18)15-12/h5-7,9,12H,1-4H3,(H,15,18). The number of nitrogens with zero attached hydrogens (tertiary/aromatic N) is 1. The van der Waals surface area contributed by atoms with E-state index in [2.05, 4.69) is 44.3 Å². The van der Waals surface area contributed by atoms with Gasteiger partial charge in [0.15, 0.2) is 10.8 Å². The van der Waals surface area contributed by atoms with Gasteiger partial charge in [0, 0.05) is 18.5 Å². The summed E-state index contributed by atoms with van der Waals surface area (Å²) < 4.78 is 6.24. The van der Waals surface area contributed by atoms with E-state index in [4.69, 9.17) is 17.0 Å². The SMILES string of the molecule is Cc1ccc2c(c1)C1NC(=S)N(C)C(C)(O2)C1C. The molecule has 3 nitrogen and oxygen atoms in total. The summed E-state index contributed by atoms with van der Waals surface area (Å²) in [4.78, 5) is 2.02. The van der Waals surface area contributed by atoms with E-state index in [0.29, 0.717) is 5.92 Å². The predicted molar refractivity (Wildman–Crippen MR) is 75.6 cm³/mol. The van der Waals surface area contributed by atoms with Crippen molar-refractivity contribution in [2.24, 2.45) is 5.92 Å². The molecule has 2 bridgehead atoms. The highest BCUT2D eigenvalue weighted by Gasteiger charge is 2.51. The molecule has 0 spiro atoms. The van der Waals surface area contributed by atoms with Crippen molar-refractivity contribution in [1.29, 1.82) is 0 Å². The van der Waals surface area contributed by atoms with Crippen LogP contribution in [-0.2, 0) is 0 Å². The van der Waals surface area contributed by atoms with Gasteiger partial charge >= 0.3 is 0 Å². The van der Waals surface area contributed by atoms with Gasteiger partial charge in [-0.2, -0.15) is 0 Å². The van der Waals surface area contributed by atoms with Gasteiger partial charge in [-0.1, -0.05) is 24.6 Å². The van der Waals surface area contributed by atoms with Crippen LogP contribution in [0.25, 0.3) is 0 Å². The van der Waals surface area contributed by atoms with Gasteiger partial charge < -0.3 is 15.0 Å². The van der Waals surface area contributed by atoms with Crippen LogP contribution in [0.2, 0.25) is 0 Å². The fourth-order valence-corrected chi connectivity index (χ4v) is 3.21. The van der Waals surface area contributed by atoms with Crippen LogP contribution in [0.15, 0.2) is 18.2 Å². The van der Waals surface area contributed by atoms with E-state index in [1.165, 1.54) is 11.1 Å². The van der Waals surface area contributed by atoms with Crippen molar-refractivity contribution in [3.63, 3.8) is 0 Å². The Hall–Kier alpha value is -1.29. The number of nitrogens with one attached hydrogen (secondary N) is 1. The van der Waals surface area contributed by atoms with Gasteiger partial charge in [0.05, 0.1) is 6.04 Å². The minimum atomic E-state index is -0.366. The van der Waals surface area contributed by atoms with Crippen molar-refractivity contribution in [3.05, 3.63) is 29.3 Å². The van der Waals surface area contributed by atoms with Crippen LogP contribution in [0, 0.1) is 12.8 Å². The first-order valence-corrected chi connectivity index (χ1v) is 6.68. The van der Waals surface area contributed by atoms with Crippen molar-refractivity contribution in [2.45, 2.75) is 32.5 Å². The molecule has 2 aliphatic rings. The maximum absolute atomic E-state index is 6.24. The number of aryl methyl sites for hydroxylation is 1. The molecule has 3 unspecified atom stereocenters. The third-order valence-electron chi connectivity index (χ3n) is 4.41. The maximum Gasteiger partial charge on any atom is 0.186 e. The van der Waals surface area contributed by atoms with Crippen LogP contribution in [0.3, 0.4) is 0 Å². The minimum Gasteiger partial charge on any atom is -0.467 e. The van der Waals surface area contributed by atoms with Crippen molar-refractivity contribution in [1.82, 2.24) is 10.2 Å². The van der Waals surface area contributed by atoms with Gasteiger partial charge in [-0.15, -0.1) is 0 Å². The molecule has 0 amide bonds. The Morgan fingerprint density at radius 3 is 2.89 bits per heavy atom. The lowest BCUT2D eigenvalue weighted by Crippen LogP contribution is -2.67. The van der Waals surface area contributed by atoms with Crippen molar-refractivity contribution < 1.29 is 4.74 Å². The molecule has 4 heteroatoms. The molecule has 3 rings (SSSR count). The summed E-state index contributed by atoms with van der Waals surface area (Å²) in [5, 5.41) is 4.19. The van der Waals surface area contributed by atoms with Crippen LogP contribution >= 0.6 is 12.2 Å². The van der Waals surface area contributed by atoms with Crippen LogP contribution in [0.5, 0.6) is 5.75 Å². The van der Waals surface area contributed by atoms with Crippen LogP contribution < -0.4 is 10.1 Å². The smallest absolute Gasteiger partial charge is 0.186 e. The highest BCUT2D eigenvalue weighted by molar-refractivity contribution is 7.80. The molecule has 1 fully saturated rings. The first-order chi connectivity index (χ1) is 8.43. The Morgan fingerprint density at radius 2 is 2.17 bits per heavy atom. The molecule has 1 N–H and O–H groups in total. The number of ether oxygens (including phenoxy) is 1. The van der Waals surface area contributed by atoms with Crippen LogP contribution in [0.4, 0.5) is 0 Å². The average molecular weight is 262 g/mol. The molecule has 2 aliphatic heterocycles.